The minimum Gasteiger partial charge on any atom is -0.270 e. The highest BCUT2D eigenvalue weighted by Crippen LogP contribution is 2.27. The Bertz CT molecular complexity index is 620. The van der Waals surface area contributed by atoms with Gasteiger partial charge in [0.05, 0.1) is 12.7 Å². The maximum atomic E-state index is 13.4. The van der Waals surface area contributed by atoms with E-state index in [0.717, 1.165) is 19.0 Å². The molecule has 1 aliphatic heterocycles. The lowest BCUT2D eigenvalue weighted by molar-refractivity contribution is 0.151. The Morgan fingerprint density at radius 3 is 2.86 bits per heavy atom. The van der Waals surface area contributed by atoms with Gasteiger partial charge in [0.2, 0.25) is 0 Å². The van der Waals surface area contributed by atoms with E-state index in [9.17, 15) is 13.2 Å². The fourth-order valence-electron chi connectivity index (χ4n) is 2.42. The first kappa shape index (κ1) is 14.1. The number of nitrogens with one attached hydrogen (secondary N) is 2. The van der Waals surface area contributed by atoms with Crippen LogP contribution in [0.15, 0.2) is 30.6 Å². The largest absolute Gasteiger partial charge is 0.270 e. The summed E-state index contributed by atoms with van der Waals surface area (Å²) >= 11 is 0. The van der Waals surface area contributed by atoms with Crippen molar-refractivity contribution in [1.82, 2.24) is 20.6 Å². The molecule has 0 aliphatic carbocycles. The second kappa shape index (κ2) is 5.87. The van der Waals surface area contributed by atoms with Crippen LogP contribution in [0.1, 0.15) is 18.4 Å². The molecule has 2 aromatic rings. The summed E-state index contributed by atoms with van der Waals surface area (Å²) in [6, 6.07) is 3.67. The van der Waals surface area contributed by atoms with E-state index in [1.165, 1.54) is 12.1 Å². The molecule has 7 heteroatoms. The zero-order valence-corrected chi connectivity index (χ0v) is 11.2. The third-order valence-corrected chi connectivity index (χ3v) is 3.47. The molecule has 0 radical (unpaired) electrons. The van der Waals surface area contributed by atoms with Gasteiger partial charge in [0.15, 0.2) is 0 Å². The van der Waals surface area contributed by atoms with E-state index in [1.54, 1.807) is 17.1 Å². The van der Waals surface area contributed by atoms with Crippen molar-refractivity contribution in [3.8, 4) is 11.1 Å². The topological polar surface area (TPSA) is 41.9 Å². The summed E-state index contributed by atoms with van der Waals surface area (Å²) in [6.45, 7) is 1.57. The van der Waals surface area contributed by atoms with Crippen LogP contribution in [0.2, 0.25) is 0 Å². The third-order valence-electron chi connectivity index (χ3n) is 3.47. The van der Waals surface area contributed by atoms with E-state index in [2.05, 4.69) is 16.0 Å². The molecule has 1 unspecified atom stereocenters. The lowest BCUT2D eigenvalue weighted by atomic mass is 10.1. The zero-order chi connectivity index (χ0) is 14.8. The smallest absolute Gasteiger partial charge is 0.263 e. The van der Waals surface area contributed by atoms with Crippen LogP contribution < -0.4 is 10.9 Å². The van der Waals surface area contributed by atoms with Crippen molar-refractivity contribution in [2.75, 3.05) is 6.54 Å². The van der Waals surface area contributed by atoms with Gasteiger partial charge in [-0.25, -0.2) is 13.2 Å². The van der Waals surface area contributed by atoms with E-state index in [-0.39, 0.29) is 11.6 Å². The first-order valence-electron chi connectivity index (χ1n) is 6.71. The van der Waals surface area contributed by atoms with E-state index in [4.69, 9.17) is 0 Å². The SMILES string of the molecule is Fc1cc(-c2cnn(CC3CCNN3)c2)cc(C(F)F)c1. The standard InChI is InChI=1S/C14H15F3N4/c15-12-4-9(3-10(5-12)14(16)17)11-6-19-21(7-11)8-13-1-2-18-20-13/h3-7,13-14,18,20H,1-2,8H2. The molecule has 112 valence electrons. The number of hydrazine groups is 1. The second-order valence-electron chi connectivity index (χ2n) is 5.08. The molecule has 0 saturated carbocycles. The highest BCUT2D eigenvalue weighted by atomic mass is 19.3. The molecular weight excluding hydrogens is 281 g/mol. The molecule has 21 heavy (non-hydrogen) atoms. The number of halogens is 3. The molecule has 1 aromatic heterocycles. The molecule has 1 saturated heterocycles. The van der Waals surface area contributed by atoms with Crippen LogP contribution in [0.4, 0.5) is 13.2 Å². The van der Waals surface area contributed by atoms with Gasteiger partial charge >= 0.3 is 0 Å². The molecule has 4 nitrogen and oxygen atoms in total. The monoisotopic (exact) mass is 296 g/mol. The molecule has 2 heterocycles. The van der Waals surface area contributed by atoms with Crippen LogP contribution in [0, 0.1) is 5.82 Å². The highest BCUT2D eigenvalue weighted by molar-refractivity contribution is 5.62. The summed E-state index contributed by atoms with van der Waals surface area (Å²) in [5, 5.41) is 4.20. The summed E-state index contributed by atoms with van der Waals surface area (Å²) in [5.74, 6) is -0.669. The van der Waals surface area contributed by atoms with Crippen LogP contribution in [0.3, 0.4) is 0 Å². The van der Waals surface area contributed by atoms with Gasteiger partial charge in [-0.15, -0.1) is 0 Å². The summed E-state index contributed by atoms with van der Waals surface area (Å²) in [5.41, 5.74) is 6.87. The third kappa shape index (κ3) is 3.25. The quantitative estimate of drug-likeness (QED) is 0.911. The Morgan fingerprint density at radius 2 is 2.14 bits per heavy atom. The van der Waals surface area contributed by atoms with Crippen LogP contribution in [0.25, 0.3) is 11.1 Å². The van der Waals surface area contributed by atoms with E-state index in [0.29, 0.717) is 17.7 Å². The number of hydrogen-bond acceptors (Lipinski definition) is 3. The Morgan fingerprint density at radius 1 is 1.29 bits per heavy atom. The summed E-state index contributed by atoms with van der Waals surface area (Å²) in [4.78, 5) is 0. The predicted molar refractivity (Wildman–Crippen MR) is 72.1 cm³/mol. The molecule has 0 spiro atoms. The minimum absolute atomic E-state index is 0.280. The Kier molecular flexibility index (Phi) is 3.94. The van der Waals surface area contributed by atoms with E-state index in [1.807, 2.05) is 0 Å². The van der Waals surface area contributed by atoms with Crippen LogP contribution in [-0.2, 0) is 6.54 Å². The molecule has 3 rings (SSSR count). The summed E-state index contributed by atoms with van der Waals surface area (Å²) in [6.07, 6.45) is 1.60. The maximum Gasteiger partial charge on any atom is 0.263 e. The van der Waals surface area contributed by atoms with E-state index < -0.39 is 12.2 Å². The minimum atomic E-state index is -2.69. The number of benzene rings is 1. The average Bonchev–Trinajstić information content (AvgIpc) is 3.10. The predicted octanol–water partition coefficient (Wildman–Crippen LogP) is 2.49. The molecule has 0 bridgehead atoms. The molecule has 1 atom stereocenters. The van der Waals surface area contributed by atoms with E-state index >= 15 is 0 Å². The van der Waals surface area contributed by atoms with Crippen LogP contribution >= 0.6 is 0 Å². The fraction of sp³-hybridized carbons (Fsp3) is 0.357. The van der Waals surface area contributed by atoms with Crippen molar-refractivity contribution in [1.29, 1.82) is 0 Å². The van der Waals surface area contributed by atoms with Gasteiger partial charge in [-0.05, 0) is 30.2 Å². The Labute approximate surface area is 119 Å². The number of aromatic nitrogens is 2. The number of hydrogen-bond donors (Lipinski definition) is 2. The van der Waals surface area contributed by atoms with Gasteiger partial charge < -0.3 is 0 Å². The van der Waals surface area contributed by atoms with Gasteiger partial charge in [0.1, 0.15) is 5.82 Å². The van der Waals surface area contributed by atoms with Gasteiger partial charge in [0, 0.05) is 29.9 Å². The van der Waals surface area contributed by atoms with Gasteiger partial charge in [-0.1, -0.05) is 0 Å². The van der Waals surface area contributed by atoms with Crippen molar-refractivity contribution in [3.63, 3.8) is 0 Å². The average molecular weight is 296 g/mol. The molecular formula is C14H15F3N4. The maximum absolute atomic E-state index is 13.4. The number of rotatable bonds is 4. The molecule has 1 aromatic carbocycles. The number of alkyl halides is 2. The van der Waals surface area contributed by atoms with Crippen molar-refractivity contribution in [2.45, 2.75) is 25.4 Å². The second-order valence-corrected chi connectivity index (χ2v) is 5.08. The van der Waals surface area contributed by atoms with Gasteiger partial charge in [-0.2, -0.15) is 5.10 Å². The Balaban J connectivity index is 1.82. The zero-order valence-electron chi connectivity index (χ0n) is 11.2. The normalized spacial score (nSPS) is 18.6. The molecule has 2 N–H and O–H groups in total. The molecule has 0 amide bonds. The van der Waals surface area contributed by atoms with Crippen molar-refractivity contribution < 1.29 is 13.2 Å². The van der Waals surface area contributed by atoms with Gasteiger partial charge in [0.25, 0.3) is 6.43 Å². The lowest BCUT2D eigenvalue weighted by Crippen LogP contribution is -2.33. The number of nitrogens with zero attached hydrogens (tertiary/aromatic N) is 2. The summed E-state index contributed by atoms with van der Waals surface area (Å²) in [7, 11) is 0. The van der Waals surface area contributed by atoms with Crippen LogP contribution in [0.5, 0.6) is 0 Å². The molecule has 1 fully saturated rings. The van der Waals surface area contributed by atoms with Crippen molar-refractivity contribution in [3.05, 3.63) is 42.0 Å². The van der Waals surface area contributed by atoms with Gasteiger partial charge in [-0.3, -0.25) is 15.5 Å². The molecule has 1 aliphatic rings. The highest BCUT2D eigenvalue weighted by Gasteiger charge is 2.16. The van der Waals surface area contributed by atoms with Crippen molar-refractivity contribution >= 4 is 0 Å². The van der Waals surface area contributed by atoms with Crippen LogP contribution in [-0.4, -0.2) is 22.4 Å². The fourth-order valence-corrected chi connectivity index (χ4v) is 2.42. The Hall–Kier alpha value is -1.86. The summed E-state index contributed by atoms with van der Waals surface area (Å²) < 4.78 is 40.6. The first-order chi connectivity index (χ1) is 10.1. The first-order valence-corrected chi connectivity index (χ1v) is 6.71. The van der Waals surface area contributed by atoms with Crippen molar-refractivity contribution in [2.24, 2.45) is 0 Å². The lowest BCUT2D eigenvalue weighted by Gasteiger charge is -2.08.